The Morgan fingerprint density at radius 3 is 2.72 bits per heavy atom. The van der Waals surface area contributed by atoms with Crippen molar-refractivity contribution >= 4 is 17.5 Å². The second-order valence-electron chi connectivity index (χ2n) is 6.80. The topological polar surface area (TPSA) is 61.4 Å². The Hall–Kier alpha value is -2.63. The summed E-state index contributed by atoms with van der Waals surface area (Å²) in [5.41, 5.74) is 4.47. The number of urea groups is 1. The monoisotopic (exact) mass is 337 g/mol. The summed E-state index contributed by atoms with van der Waals surface area (Å²) in [7, 11) is 0. The Kier molecular flexibility index (Phi) is 4.26. The summed E-state index contributed by atoms with van der Waals surface area (Å²) in [6.07, 6.45) is 3.34. The largest absolute Gasteiger partial charge is 0.352 e. The van der Waals surface area contributed by atoms with E-state index in [1.807, 2.05) is 36.1 Å². The van der Waals surface area contributed by atoms with Gasteiger partial charge in [-0.1, -0.05) is 12.1 Å². The van der Waals surface area contributed by atoms with E-state index in [1.165, 1.54) is 12.0 Å². The molecule has 1 aliphatic carbocycles. The van der Waals surface area contributed by atoms with Gasteiger partial charge in [0.15, 0.2) is 5.82 Å². The molecule has 0 atom stereocenters. The fourth-order valence-electron chi connectivity index (χ4n) is 3.54. The Balaban J connectivity index is 1.35. The van der Waals surface area contributed by atoms with Crippen molar-refractivity contribution in [1.29, 1.82) is 0 Å². The van der Waals surface area contributed by atoms with Gasteiger partial charge in [-0.15, -0.1) is 5.10 Å². The number of aryl methyl sites for hydroxylation is 3. The Labute approximate surface area is 147 Å². The van der Waals surface area contributed by atoms with Gasteiger partial charge in [0.1, 0.15) is 0 Å². The predicted molar refractivity (Wildman–Crippen MR) is 98.0 cm³/mol. The van der Waals surface area contributed by atoms with Gasteiger partial charge in [0, 0.05) is 31.9 Å². The van der Waals surface area contributed by atoms with E-state index in [1.54, 1.807) is 0 Å². The van der Waals surface area contributed by atoms with E-state index in [4.69, 9.17) is 0 Å². The van der Waals surface area contributed by atoms with Gasteiger partial charge in [-0.3, -0.25) is 0 Å². The molecule has 1 aliphatic heterocycles. The van der Waals surface area contributed by atoms with Crippen LogP contribution in [-0.4, -0.2) is 47.3 Å². The lowest BCUT2D eigenvalue weighted by molar-refractivity contribution is 0.208. The molecule has 6 nitrogen and oxygen atoms in total. The van der Waals surface area contributed by atoms with Crippen LogP contribution in [0, 0.1) is 6.92 Å². The quantitative estimate of drug-likeness (QED) is 0.915. The molecular formula is C19H23N5O. The van der Waals surface area contributed by atoms with E-state index >= 15 is 0 Å². The molecule has 0 unspecified atom stereocenters. The third-order valence-corrected chi connectivity index (χ3v) is 4.97. The van der Waals surface area contributed by atoms with Crippen molar-refractivity contribution in [2.75, 3.05) is 36.4 Å². The molecular weight excluding hydrogens is 314 g/mol. The van der Waals surface area contributed by atoms with Crippen LogP contribution in [0.15, 0.2) is 30.3 Å². The molecule has 2 amide bonds. The van der Waals surface area contributed by atoms with Crippen molar-refractivity contribution in [2.45, 2.75) is 26.2 Å². The molecule has 2 aromatic rings. The highest BCUT2D eigenvalue weighted by molar-refractivity contribution is 5.89. The molecule has 0 radical (unpaired) electrons. The van der Waals surface area contributed by atoms with Crippen molar-refractivity contribution in [1.82, 2.24) is 15.1 Å². The first kappa shape index (κ1) is 15.9. The van der Waals surface area contributed by atoms with Crippen LogP contribution in [0.5, 0.6) is 0 Å². The highest BCUT2D eigenvalue weighted by Gasteiger charge is 2.23. The lowest BCUT2D eigenvalue weighted by Gasteiger charge is -2.35. The zero-order valence-electron chi connectivity index (χ0n) is 14.5. The van der Waals surface area contributed by atoms with Crippen molar-refractivity contribution < 1.29 is 4.79 Å². The molecule has 2 aliphatic rings. The minimum Gasteiger partial charge on any atom is -0.352 e. The summed E-state index contributed by atoms with van der Waals surface area (Å²) in [5, 5.41) is 11.7. The van der Waals surface area contributed by atoms with Crippen LogP contribution < -0.4 is 10.2 Å². The van der Waals surface area contributed by atoms with E-state index in [2.05, 4.69) is 26.5 Å². The van der Waals surface area contributed by atoms with Crippen LogP contribution in [0.1, 0.15) is 23.2 Å². The predicted octanol–water partition coefficient (Wildman–Crippen LogP) is 2.63. The first-order chi connectivity index (χ1) is 12.2. The molecule has 1 saturated heterocycles. The van der Waals surface area contributed by atoms with Gasteiger partial charge in [-0.05, 0) is 55.5 Å². The maximum absolute atomic E-state index is 12.4. The van der Waals surface area contributed by atoms with Crippen LogP contribution in [0.3, 0.4) is 0 Å². The van der Waals surface area contributed by atoms with E-state index in [9.17, 15) is 4.79 Å². The van der Waals surface area contributed by atoms with Crippen molar-refractivity contribution in [3.05, 3.63) is 47.2 Å². The number of rotatable bonds is 2. The van der Waals surface area contributed by atoms with Gasteiger partial charge < -0.3 is 15.1 Å². The number of carbonyl (C=O) groups excluding carboxylic acids is 1. The van der Waals surface area contributed by atoms with Gasteiger partial charge in [0.05, 0.1) is 5.69 Å². The number of benzene rings is 1. The van der Waals surface area contributed by atoms with E-state index in [-0.39, 0.29) is 6.03 Å². The minimum atomic E-state index is -0.0368. The van der Waals surface area contributed by atoms with Crippen molar-refractivity contribution in [3.63, 3.8) is 0 Å². The average Bonchev–Trinajstić information content (AvgIpc) is 3.09. The third-order valence-electron chi connectivity index (χ3n) is 4.97. The van der Waals surface area contributed by atoms with Gasteiger partial charge in [0.2, 0.25) is 0 Å². The number of anilines is 2. The first-order valence-corrected chi connectivity index (χ1v) is 8.92. The van der Waals surface area contributed by atoms with Crippen molar-refractivity contribution in [3.8, 4) is 0 Å². The fourth-order valence-corrected chi connectivity index (χ4v) is 3.54. The minimum absolute atomic E-state index is 0.0368. The molecule has 0 spiro atoms. The van der Waals surface area contributed by atoms with Crippen LogP contribution in [0.2, 0.25) is 0 Å². The van der Waals surface area contributed by atoms with Crippen LogP contribution in [-0.2, 0) is 12.8 Å². The molecule has 1 aromatic carbocycles. The van der Waals surface area contributed by atoms with E-state index in [0.717, 1.165) is 48.7 Å². The van der Waals surface area contributed by atoms with Crippen molar-refractivity contribution in [2.24, 2.45) is 0 Å². The molecule has 1 fully saturated rings. The fraction of sp³-hybridized carbons (Fsp3) is 0.421. The number of amides is 2. The van der Waals surface area contributed by atoms with Crippen LogP contribution >= 0.6 is 0 Å². The summed E-state index contributed by atoms with van der Waals surface area (Å²) < 4.78 is 0. The summed E-state index contributed by atoms with van der Waals surface area (Å²) in [5.74, 6) is 0.944. The van der Waals surface area contributed by atoms with E-state index < -0.39 is 0 Å². The highest BCUT2D eigenvalue weighted by Crippen LogP contribution is 2.23. The van der Waals surface area contributed by atoms with Gasteiger partial charge >= 0.3 is 6.03 Å². The number of piperazine rings is 1. The molecule has 0 bridgehead atoms. The number of nitrogens with zero attached hydrogens (tertiary/aromatic N) is 4. The normalized spacial score (nSPS) is 16.7. The summed E-state index contributed by atoms with van der Waals surface area (Å²) >= 11 is 0. The van der Waals surface area contributed by atoms with Gasteiger partial charge in [-0.25, -0.2) is 4.79 Å². The second-order valence-corrected chi connectivity index (χ2v) is 6.80. The number of carbonyl (C=O) groups is 1. The number of hydrogen-bond donors (Lipinski definition) is 1. The van der Waals surface area contributed by atoms with Crippen LogP contribution in [0.4, 0.5) is 16.3 Å². The lowest BCUT2D eigenvalue weighted by Crippen LogP contribution is -2.50. The second kappa shape index (κ2) is 6.70. The average molecular weight is 337 g/mol. The third kappa shape index (κ3) is 3.43. The van der Waals surface area contributed by atoms with Crippen LogP contribution in [0.25, 0.3) is 0 Å². The maximum atomic E-state index is 12.4. The first-order valence-electron chi connectivity index (χ1n) is 8.92. The molecule has 25 heavy (non-hydrogen) atoms. The SMILES string of the molecule is Cc1cccc(NC(=O)N2CCN(c3cc4c(nn3)CCC4)CC2)c1. The maximum Gasteiger partial charge on any atom is 0.321 e. The summed E-state index contributed by atoms with van der Waals surface area (Å²) in [4.78, 5) is 16.5. The number of nitrogens with one attached hydrogen (secondary N) is 1. The molecule has 0 saturated carbocycles. The summed E-state index contributed by atoms with van der Waals surface area (Å²) in [6.45, 7) is 4.97. The number of hydrogen-bond acceptors (Lipinski definition) is 4. The molecule has 2 heterocycles. The molecule has 1 N–H and O–H groups in total. The molecule has 1 aromatic heterocycles. The van der Waals surface area contributed by atoms with E-state index in [0.29, 0.717) is 13.1 Å². The zero-order chi connectivity index (χ0) is 17.2. The Morgan fingerprint density at radius 2 is 1.92 bits per heavy atom. The smallest absolute Gasteiger partial charge is 0.321 e. The molecule has 6 heteroatoms. The number of fused-ring (bicyclic) bond motifs is 1. The Morgan fingerprint density at radius 1 is 1.08 bits per heavy atom. The molecule has 4 rings (SSSR count). The number of aromatic nitrogens is 2. The summed E-state index contributed by atoms with van der Waals surface area (Å²) in [6, 6.07) is 10.0. The zero-order valence-corrected chi connectivity index (χ0v) is 14.5. The molecule has 130 valence electrons. The standard InChI is InChI=1S/C19H23N5O/c1-14-4-2-6-16(12-14)20-19(25)24-10-8-23(9-11-24)18-13-15-5-3-7-17(15)21-22-18/h2,4,6,12-13H,3,5,7-11H2,1H3,(H,20,25). The lowest BCUT2D eigenvalue weighted by atomic mass is 10.2. The Bertz CT molecular complexity index is 783. The van der Waals surface area contributed by atoms with Gasteiger partial charge in [0.25, 0.3) is 0 Å². The van der Waals surface area contributed by atoms with Gasteiger partial charge in [-0.2, -0.15) is 5.10 Å². The highest BCUT2D eigenvalue weighted by atomic mass is 16.2.